The summed E-state index contributed by atoms with van der Waals surface area (Å²) in [5.74, 6) is 0. The van der Waals surface area contributed by atoms with Crippen LogP contribution in [-0.2, 0) is 11.3 Å². The summed E-state index contributed by atoms with van der Waals surface area (Å²) in [7, 11) is 0. The molecule has 1 N–H and O–H groups in total. The summed E-state index contributed by atoms with van der Waals surface area (Å²) in [5, 5.41) is 2.58. The number of thiazole rings is 1. The maximum atomic E-state index is 9.88. The zero-order valence-corrected chi connectivity index (χ0v) is 6.44. The molecule has 0 bridgehead atoms. The van der Waals surface area contributed by atoms with Crippen molar-refractivity contribution in [1.29, 1.82) is 0 Å². The Balaban J connectivity index is 2.56. The molecule has 1 rings (SSSR count). The van der Waals surface area contributed by atoms with Gasteiger partial charge in [-0.25, -0.2) is 4.98 Å². The highest BCUT2D eigenvalue weighted by atomic mass is 32.1. The zero-order valence-electron chi connectivity index (χ0n) is 5.63. The smallest absolute Gasteiger partial charge is 0.207 e. The first kappa shape index (κ1) is 7.21. The lowest BCUT2D eigenvalue weighted by atomic mass is 10.4. The summed E-state index contributed by atoms with van der Waals surface area (Å²) in [6, 6.07) is 0. The van der Waals surface area contributed by atoms with Gasteiger partial charge in [0.15, 0.2) is 0 Å². The van der Waals surface area contributed by atoms with Gasteiger partial charge in [0.2, 0.25) is 6.41 Å². The molecule has 0 saturated heterocycles. The maximum absolute atomic E-state index is 9.88. The molecular formula is C6H8N2OS. The number of nitrogens with one attached hydrogen (secondary N) is 1. The number of nitrogens with zero attached hydrogens (tertiary/aromatic N) is 1. The van der Waals surface area contributed by atoms with Crippen molar-refractivity contribution in [3.05, 3.63) is 16.1 Å². The lowest BCUT2D eigenvalue weighted by molar-refractivity contribution is -0.109. The molecule has 54 valence electrons. The van der Waals surface area contributed by atoms with E-state index in [1.807, 2.05) is 6.92 Å². The van der Waals surface area contributed by atoms with Gasteiger partial charge in [0.05, 0.1) is 17.7 Å². The molecule has 1 heterocycles. The van der Waals surface area contributed by atoms with Crippen molar-refractivity contribution in [2.45, 2.75) is 13.5 Å². The highest BCUT2D eigenvalue weighted by molar-refractivity contribution is 7.09. The van der Waals surface area contributed by atoms with Crippen LogP contribution in [0.15, 0.2) is 5.51 Å². The largest absolute Gasteiger partial charge is 0.354 e. The number of aromatic nitrogens is 1. The quantitative estimate of drug-likeness (QED) is 0.654. The predicted octanol–water partition coefficient (Wildman–Crippen LogP) is 0.698. The summed E-state index contributed by atoms with van der Waals surface area (Å²) < 4.78 is 0. The lowest BCUT2D eigenvalue weighted by Crippen LogP contribution is -2.09. The summed E-state index contributed by atoms with van der Waals surface area (Å²) in [5.41, 5.74) is 2.77. The highest BCUT2D eigenvalue weighted by Gasteiger charge is 1.97. The molecule has 1 aromatic heterocycles. The number of aryl methyl sites for hydroxylation is 1. The Bertz CT molecular complexity index is 221. The molecule has 0 aromatic carbocycles. The van der Waals surface area contributed by atoms with Crippen molar-refractivity contribution in [1.82, 2.24) is 10.3 Å². The van der Waals surface area contributed by atoms with Crippen LogP contribution in [0.3, 0.4) is 0 Å². The molecule has 0 atom stereocenters. The van der Waals surface area contributed by atoms with E-state index < -0.39 is 0 Å². The molecule has 1 amide bonds. The van der Waals surface area contributed by atoms with Gasteiger partial charge < -0.3 is 5.32 Å². The van der Waals surface area contributed by atoms with Crippen LogP contribution in [-0.4, -0.2) is 11.4 Å². The molecule has 0 unspecified atom stereocenters. The van der Waals surface area contributed by atoms with Crippen LogP contribution in [0.1, 0.15) is 10.6 Å². The van der Waals surface area contributed by atoms with Crippen molar-refractivity contribution in [2.24, 2.45) is 0 Å². The van der Waals surface area contributed by atoms with Gasteiger partial charge in [0.25, 0.3) is 0 Å². The van der Waals surface area contributed by atoms with Crippen molar-refractivity contribution in [3.63, 3.8) is 0 Å². The molecule has 1 aromatic rings. The van der Waals surface area contributed by atoms with E-state index in [1.54, 1.807) is 16.8 Å². The minimum Gasteiger partial charge on any atom is -0.354 e. The van der Waals surface area contributed by atoms with E-state index in [0.717, 1.165) is 10.6 Å². The van der Waals surface area contributed by atoms with Crippen LogP contribution >= 0.6 is 11.3 Å². The number of hydrogen-bond acceptors (Lipinski definition) is 3. The molecular weight excluding hydrogens is 148 g/mol. The Labute approximate surface area is 63.1 Å². The van der Waals surface area contributed by atoms with E-state index in [1.165, 1.54) is 0 Å². The fraction of sp³-hybridized carbons (Fsp3) is 0.333. The molecule has 0 spiro atoms. The highest BCUT2D eigenvalue weighted by Crippen LogP contribution is 2.10. The van der Waals surface area contributed by atoms with E-state index in [-0.39, 0.29) is 0 Å². The van der Waals surface area contributed by atoms with Crippen molar-refractivity contribution < 1.29 is 4.79 Å². The fourth-order valence-electron chi connectivity index (χ4n) is 0.630. The molecule has 0 radical (unpaired) electrons. The predicted molar refractivity (Wildman–Crippen MR) is 39.8 cm³/mol. The van der Waals surface area contributed by atoms with Gasteiger partial charge in [-0.2, -0.15) is 0 Å². The van der Waals surface area contributed by atoms with Crippen LogP contribution in [0.4, 0.5) is 0 Å². The second-order valence-electron chi connectivity index (χ2n) is 1.86. The van der Waals surface area contributed by atoms with Gasteiger partial charge in [0.1, 0.15) is 0 Å². The Morgan fingerprint density at radius 2 is 2.70 bits per heavy atom. The second-order valence-corrected chi connectivity index (χ2v) is 2.80. The Kier molecular flexibility index (Phi) is 2.39. The van der Waals surface area contributed by atoms with Gasteiger partial charge in [-0.15, -0.1) is 11.3 Å². The van der Waals surface area contributed by atoms with Crippen LogP contribution in [0.25, 0.3) is 0 Å². The van der Waals surface area contributed by atoms with Gasteiger partial charge >= 0.3 is 0 Å². The Hall–Kier alpha value is -0.900. The first-order chi connectivity index (χ1) is 4.84. The third kappa shape index (κ3) is 1.54. The number of hydrogen-bond donors (Lipinski definition) is 1. The topological polar surface area (TPSA) is 42.0 Å². The SMILES string of the molecule is Cc1ncsc1CNC=O. The van der Waals surface area contributed by atoms with Crippen LogP contribution in [0.2, 0.25) is 0 Å². The molecule has 0 aliphatic rings. The number of amides is 1. The second kappa shape index (κ2) is 3.31. The summed E-state index contributed by atoms with van der Waals surface area (Å²) in [4.78, 5) is 15.0. The van der Waals surface area contributed by atoms with E-state index in [0.29, 0.717) is 13.0 Å². The van der Waals surface area contributed by atoms with Crippen molar-refractivity contribution in [3.8, 4) is 0 Å². The third-order valence-corrected chi connectivity index (χ3v) is 2.13. The Morgan fingerprint density at radius 1 is 1.90 bits per heavy atom. The standard InChI is InChI=1S/C6H8N2OS/c1-5-6(2-7-3-9)10-4-8-5/h3-4H,2H2,1H3,(H,7,9). The summed E-state index contributed by atoms with van der Waals surface area (Å²) >= 11 is 1.56. The van der Waals surface area contributed by atoms with E-state index in [4.69, 9.17) is 0 Å². The van der Waals surface area contributed by atoms with Crippen LogP contribution < -0.4 is 5.32 Å². The average molecular weight is 156 g/mol. The van der Waals surface area contributed by atoms with E-state index in [2.05, 4.69) is 10.3 Å². The van der Waals surface area contributed by atoms with Gasteiger partial charge in [0, 0.05) is 4.88 Å². The van der Waals surface area contributed by atoms with Crippen molar-refractivity contribution >= 4 is 17.7 Å². The van der Waals surface area contributed by atoms with Crippen LogP contribution in [0, 0.1) is 6.92 Å². The fourth-order valence-corrected chi connectivity index (χ4v) is 1.36. The lowest BCUT2D eigenvalue weighted by Gasteiger charge is -1.93. The zero-order chi connectivity index (χ0) is 7.40. The van der Waals surface area contributed by atoms with Gasteiger partial charge in [-0.3, -0.25) is 4.79 Å². The minimum absolute atomic E-state index is 0.597. The van der Waals surface area contributed by atoms with E-state index >= 15 is 0 Å². The average Bonchev–Trinajstić information content (AvgIpc) is 2.31. The number of rotatable bonds is 3. The summed E-state index contributed by atoms with van der Waals surface area (Å²) in [6.07, 6.45) is 0.694. The van der Waals surface area contributed by atoms with Crippen molar-refractivity contribution in [2.75, 3.05) is 0 Å². The molecule has 4 heteroatoms. The van der Waals surface area contributed by atoms with Gasteiger partial charge in [-0.1, -0.05) is 0 Å². The third-order valence-electron chi connectivity index (χ3n) is 1.19. The Morgan fingerprint density at radius 3 is 3.20 bits per heavy atom. The molecule has 0 aliphatic heterocycles. The minimum atomic E-state index is 0.597. The first-order valence-corrected chi connectivity index (χ1v) is 3.78. The monoisotopic (exact) mass is 156 g/mol. The molecule has 10 heavy (non-hydrogen) atoms. The first-order valence-electron chi connectivity index (χ1n) is 2.90. The normalized spacial score (nSPS) is 9.30. The molecule has 0 fully saturated rings. The van der Waals surface area contributed by atoms with Crippen LogP contribution in [0.5, 0.6) is 0 Å². The van der Waals surface area contributed by atoms with Gasteiger partial charge in [-0.05, 0) is 6.92 Å². The number of carbonyl (C=O) groups is 1. The maximum Gasteiger partial charge on any atom is 0.207 e. The molecule has 3 nitrogen and oxygen atoms in total. The number of carbonyl (C=O) groups excluding carboxylic acids is 1. The summed E-state index contributed by atoms with van der Waals surface area (Å²) in [6.45, 7) is 2.53. The van der Waals surface area contributed by atoms with E-state index in [9.17, 15) is 4.79 Å². The molecule has 0 aliphatic carbocycles. The molecule has 0 saturated carbocycles.